The number of likely N-dealkylation sites (tertiary alicyclic amines) is 1. The highest BCUT2D eigenvalue weighted by Crippen LogP contribution is 2.20. The molecule has 4 amide bonds. The molecule has 31 heavy (non-hydrogen) atoms. The van der Waals surface area contributed by atoms with Gasteiger partial charge in [0, 0.05) is 13.1 Å². The zero-order valence-corrected chi connectivity index (χ0v) is 17.1. The molecule has 0 spiro atoms. The number of carboxylic acids is 1. The molecule has 0 saturated carbocycles. The van der Waals surface area contributed by atoms with E-state index in [1.54, 1.807) is 0 Å². The number of nitrogens with two attached hydrogens (primary N) is 4. The Morgan fingerprint density at radius 1 is 1.10 bits per heavy atom. The van der Waals surface area contributed by atoms with Crippen molar-refractivity contribution in [2.45, 2.75) is 50.2 Å². The molecule has 0 aromatic heterocycles. The molecule has 0 aromatic rings. The molecule has 1 aliphatic rings. The summed E-state index contributed by atoms with van der Waals surface area (Å²) in [6, 6.07) is -3.41. The lowest BCUT2D eigenvalue weighted by atomic mass is 10.1. The van der Waals surface area contributed by atoms with Gasteiger partial charge in [-0.05, 0) is 25.7 Å². The minimum Gasteiger partial charge on any atom is -0.480 e. The normalized spacial score (nSPS) is 17.3. The molecule has 0 bridgehead atoms. The quantitative estimate of drug-likeness (QED) is 0.0880. The third-order valence-electron chi connectivity index (χ3n) is 4.62. The zero-order chi connectivity index (χ0) is 23.6. The van der Waals surface area contributed by atoms with Crippen LogP contribution in [0.15, 0.2) is 4.99 Å². The van der Waals surface area contributed by atoms with E-state index in [0.29, 0.717) is 19.3 Å². The Kier molecular flexibility index (Phi) is 10.2. The van der Waals surface area contributed by atoms with Gasteiger partial charge in [-0.2, -0.15) is 0 Å². The van der Waals surface area contributed by atoms with Crippen molar-refractivity contribution < 1.29 is 29.1 Å². The number of hydrogen-bond donors (Lipinski definition) is 7. The largest absolute Gasteiger partial charge is 0.480 e. The van der Waals surface area contributed by atoms with Crippen LogP contribution in [0.1, 0.15) is 32.1 Å². The molecule has 3 unspecified atom stereocenters. The summed E-state index contributed by atoms with van der Waals surface area (Å²) in [5.41, 5.74) is 20.8. The van der Waals surface area contributed by atoms with E-state index in [2.05, 4.69) is 15.6 Å². The van der Waals surface area contributed by atoms with Crippen LogP contribution in [0.5, 0.6) is 0 Å². The van der Waals surface area contributed by atoms with E-state index in [1.165, 1.54) is 4.90 Å². The molecule has 0 radical (unpaired) electrons. The third kappa shape index (κ3) is 8.46. The molecule has 1 fully saturated rings. The Hall–Kier alpha value is -3.42. The van der Waals surface area contributed by atoms with Gasteiger partial charge < -0.3 is 43.6 Å². The van der Waals surface area contributed by atoms with Crippen molar-refractivity contribution in [1.82, 2.24) is 15.5 Å². The number of nitrogens with zero attached hydrogens (tertiary/aromatic N) is 2. The average molecular weight is 442 g/mol. The smallest absolute Gasteiger partial charge is 0.326 e. The van der Waals surface area contributed by atoms with Crippen molar-refractivity contribution in [1.29, 1.82) is 0 Å². The summed E-state index contributed by atoms with van der Waals surface area (Å²) >= 11 is 0. The number of carboxylic acid groups (broad SMARTS) is 1. The fraction of sp³-hybridized carbons (Fsp3) is 0.647. The second kappa shape index (κ2) is 12.3. The Labute approximate surface area is 178 Å². The van der Waals surface area contributed by atoms with Gasteiger partial charge >= 0.3 is 5.97 Å². The molecule has 0 aliphatic carbocycles. The summed E-state index contributed by atoms with van der Waals surface area (Å²) in [5, 5.41) is 14.1. The molecule has 1 heterocycles. The van der Waals surface area contributed by atoms with Gasteiger partial charge in [0.05, 0.1) is 13.0 Å². The van der Waals surface area contributed by atoms with E-state index in [4.69, 9.17) is 22.9 Å². The van der Waals surface area contributed by atoms with Crippen LogP contribution >= 0.6 is 0 Å². The van der Waals surface area contributed by atoms with Crippen LogP contribution in [0.25, 0.3) is 0 Å². The number of nitrogens with one attached hydrogen (secondary N) is 2. The number of carbonyl (C=O) groups is 5. The first-order chi connectivity index (χ1) is 14.6. The van der Waals surface area contributed by atoms with Crippen LogP contribution in [-0.2, 0) is 24.0 Å². The van der Waals surface area contributed by atoms with Crippen molar-refractivity contribution in [2.75, 3.05) is 19.6 Å². The molecule has 1 rings (SSSR count). The summed E-state index contributed by atoms with van der Waals surface area (Å²) in [7, 11) is 0. The highest BCUT2D eigenvalue weighted by atomic mass is 16.4. The van der Waals surface area contributed by atoms with E-state index in [1.807, 2.05) is 0 Å². The molecule has 14 heteroatoms. The van der Waals surface area contributed by atoms with Crippen molar-refractivity contribution in [2.24, 2.45) is 27.9 Å². The first-order valence-electron chi connectivity index (χ1n) is 9.73. The predicted molar refractivity (Wildman–Crippen MR) is 109 cm³/mol. The maximum Gasteiger partial charge on any atom is 0.326 e. The monoisotopic (exact) mass is 442 g/mol. The number of guanidine groups is 1. The summed E-state index contributed by atoms with van der Waals surface area (Å²) in [6.07, 6.45) is 0.716. The fourth-order valence-corrected chi connectivity index (χ4v) is 3.19. The second-order valence-corrected chi connectivity index (χ2v) is 7.03. The Morgan fingerprint density at radius 3 is 2.32 bits per heavy atom. The van der Waals surface area contributed by atoms with E-state index >= 15 is 0 Å². The molecular formula is C17H30N8O6. The maximum atomic E-state index is 12.9. The molecule has 11 N–H and O–H groups in total. The van der Waals surface area contributed by atoms with Crippen molar-refractivity contribution in [3.63, 3.8) is 0 Å². The number of carbonyl (C=O) groups excluding carboxylic acids is 4. The van der Waals surface area contributed by atoms with E-state index in [9.17, 15) is 29.1 Å². The van der Waals surface area contributed by atoms with Crippen molar-refractivity contribution in [3.8, 4) is 0 Å². The average Bonchev–Trinajstić information content (AvgIpc) is 3.18. The number of aliphatic carboxylic acids is 1. The molecule has 1 aliphatic heterocycles. The summed E-state index contributed by atoms with van der Waals surface area (Å²) in [4.78, 5) is 64.9. The topological polar surface area (TPSA) is 249 Å². The van der Waals surface area contributed by atoms with Crippen molar-refractivity contribution >= 4 is 35.6 Å². The standard InChI is InChI=1S/C17H30N8O6/c18-8-13(27)23-10(7-12(19)26)15(29)25-6-2-4-11(25)14(28)24-9(16(30)31)3-1-5-22-17(20)21/h9-11H,1-8,18H2,(H2,19,26)(H,23,27)(H,24,28)(H,30,31)(H4,20,21,22). The number of primary amides is 1. The minimum atomic E-state index is -1.27. The molecule has 1 saturated heterocycles. The Morgan fingerprint density at radius 2 is 1.77 bits per heavy atom. The van der Waals surface area contributed by atoms with Crippen LogP contribution < -0.4 is 33.6 Å². The number of rotatable bonds is 12. The minimum absolute atomic E-state index is 0.0787. The summed E-state index contributed by atoms with van der Waals surface area (Å²) in [6.45, 7) is 0.00513. The third-order valence-corrected chi connectivity index (χ3v) is 4.62. The lowest BCUT2D eigenvalue weighted by molar-refractivity contribution is -0.145. The van der Waals surface area contributed by atoms with E-state index in [-0.39, 0.29) is 25.5 Å². The first kappa shape index (κ1) is 25.6. The van der Waals surface area contributed by atoms with Crippen LogP contribution in [0, 0.1) is 0 Å². The van der Waals surface area contributed by atoms with Crippen LogP contribution in [-0.4, -0.2) is 83.3 Å². The van der Waals surface area contributed by atoms with Crippen molar-refractivity contribution in [3.05, 3.63) is 0 Å². The van der Waals surface area contributed by atoms with Gasteiger partial charge in [-0.15, -0.1) is 0 Å². The fourth-order valence-electron chi connectivity index (χ4n) is 3.19. The molecule has 174 valence electrons. The van der Waals surface area contributed by atoms with Crippen LogP contribution in [0.2, 0.25) is 0 Å². The lowest BCUT2D eigenvalue weighted by Crippen LogP contribution is -2.56. The van der Waals surface area contributed by atoms with E-state index in [0.717, 1.165) is 0 Å². The van der Waals surface area contributed by atoms with Crippen LogP contribution in [0.3, 0.4) is 0 Å². The number of amides is 4. The first-order valence-corrected chi connectivity index (χ1v) is 9.73. The lowest BCUT2D eigenvalue weighted by Gasteiger charge is -2.29. The second-order valence-electron chi connectivity index (χ2n) is 7.03. The van der Waals surface area contributed by atoms with Gasteiger partial charge in [-0.3, -0.25) is 24.2 Å². The number of aliphatic imine (C=N–C) groups is 1. The van der Waals surface area contributed by atoms with Gasteiger partial charge in [0.15, 0.2) is 5.96 Å². The van der Waals surface area contributed by atoms with Crippen LogP contribution in [0.4, 0.5) is 0 Å². The number of hydrogen-bond acceptors (Lipinski definition) is 7. The molecular weight excluding hydrogens is 412 g/mol. The Balaban J connectivity index is 2.84. The van der Waals surface area contributed by atoms with Gasteiger partial charge in [0.1, 0.15) is 18.1 Å². The van der Waals surface area contributed by atoms with Gasteiger partial charge in [-0.25, -0.2) is 4.79 Å². The summed E-state index contributed by atoms with van der Waals surface area (Å²) < 4.78 is 0. The maximum absolute atomic E-state index is 12.9. The Bertz CT molecular complexity index is 723. The molecule has 3 atom stereocenters. The molecule has 0 aromatic carbocycles. The van der Waals surface area contributed by atoms with Gasteiger partial charge in [-0.1, -0.05) is 0 Å². The zero-order valence-electron chi connectivity index (χ0n) is 17.1. The molecule has 14 nitrogen and oxygen atoms in total. The van der Waals surface area contributed by atoms with E-state index < -0.39 is 60.7 Å². The van der Waals surface area contributed by atoms with Gasteiger partial charge in [0.25, 0.3) is 0 Å². The SMILES string of the molecule is NCC(=O)NC(CC(N)=O)C(=O)N1CCCC1C(=O)NC(CCCN=C(N)N)C(=O)O. The highest BCUT2D eigenvalue weighted by Gasteiger charge is 2.39. The summed E-state index contributed by atoms with van der Waals surface area (Å²) in [5.74, 6) is -4.16. The van der Waals surface area contributed by atoms with Gasteiger partial charge in [0.2, 0.25) is 23.6 Å². The highest BCUT2D eigenvalue weighted by molar-refractivity contribution is 5.96. The predicted octanol–water partition coefficient (Wildman–Crippen LogP) is -4.08.